The quantitative estimate of drug-likeness (QED) is 0.354. The summed E-state index contributed by atoms with van der Waals surface area (Å²) in [5, 5.41) is 3.34. The van der Waals surface area contributed by atoms with Crippen LogP contribution in [0.3, 0.4) is 0 Å². The molecule has 0 radical (unpaired) electrons. The zero-order valence-corrected chi connectivity index (χ0v) is 17.3. The Morgan fingerprint density at radius 2 is 1.35 bits per heavy atom. The summed E-state index contributed by atoms with van der Waals surface area (Å²) in [6.07, 6.45) is 6.01. The maximum Gasteiger partial charge on any atom is 0.184 e. The number of hydrogen-bond donors (Lipinski definition) is 1. The molecule has 0 aliphatic carbocycles. The number of halogens is 2. The minimum Gasteiger partial charge on any atom is -0.368 e. The Morgan fingerprint density at radius 3 is 1.97 bits per heavy atom. The molecule has 0 aliphatic rings. The molecule has 1 N–H and O–H groups in total. The molecule has 2 aromatic heterocycles. The summed E-state index contributed by atoms with van der Waals surface area (Å²) in [6, 6.07) is 12.1. The van der Waals surface area contributed by atoms with Gasteiger partial charge in [-0.05, 0) is 55.0 Å². The van der Waals surface area contributed by atoms with Crippen molar-refractivity contribution >= 4 is 17.0 Å². The van der Waals surface area contributed by atoms with Gasteiger partial charge in [0, 0.05) is 17.7 Å². The summed E-state index contributed by atoms with van der Waals surface area (Å²) in [5.41, 5.74) is 3.49. The number of hydrogen-bond acceptors (Lipinski definition) is 5. The first kappa shape index (κ1) is 20.8. The molecule has 2 aromatic carbocycles. The van der Waals surface area contributed by atoms with Crippen molar-refractivity contribution in [3.8, 4) is 22.5 Å². The second-order valence-electron chi connectivity index (χ2n) is 7.32. The fourth-order valence-corrected chi connectivity index (χ4v) is 3.38. The summed E-state index contributed by atoms with van der Waals surface area (Å²) in [6.45, 7) is 2.95. The van der Waals surface area contributed by atoms with Crippen molar-refractivity contribution in [2.45, 2.75) is 32.6 Å². The number of anilines is 1. The van der Waals surface area contributed by atoms with Gasteiger partial charge in [0.05, 0.1) is 11.4 Å². The first-order valence-electron chi connectivity index (χ1n) is 10.4. The van der Waals surface area contributed by atoms with E-state index in [1.807, 2.05) is 0 Å². The van der Waals surface area contributed by atoms with E-state index in [0.717, 1.165) is 19.4 Å². The number of unbranched alkanes of at least 4 members (excludes halogenated alkanes) is 3. The molecule has 31 heavy (non-hydrogen) atoms. The Bertz CT molecular complexity index is 1160. The van der Waals surface area contributed by atoms with Crippen molar-refractivity contribution in [1.82, 2.24) is 19.9 Å². The van der Waals surface area contributed by atoms with Crippen molar-refractivity contribution in [2.24, 2.45) is 0 Å². The van der Waals surface area contributed by atoms with Gasteiger partial charge in [-0.15, -0.1) is 0 Å². The highest BCUT2D eigenvalue weighted by molar-refractivity contribution is 5.89. The lowest BCUT2D eigenvalue weighted by Crippen LogP contribution is -2.07. The molecule has 0 fully saturated rings. The third kappa shape index (κ3) is 4.82. The fraction of sp³-hybridized carbons (Fsp3) is 0.250. The zero-order chi connectivity index (χ0) is 21.6. The van der Waals surface area contributed by atoms with Gasteiger partial charge in [0.1, 0.15) is 18.0 Å². The number of nitrogens with one attached hydrogen (secondary N) is 1. The number of fused-ring (bicyclic) bond motifs is 1. The van der Waals surface area contributed by atoms with E-state index in [0.29, 0.717) is 39.5 Å². The van der Waals surface area contributed by atoms with Gasteiger partial charge in [0.25, 0.3) is 0 Å². The number of benzene rings is 2. The van der Waals surface area contributed by atoms with Crippen molar-refractivity contribution in [1.29, 1.82) is 0 Å². The molecule has 0 unspecified atom stereocenters. The van der Waals surface area contributed by atoms with E-state index in [1.54, 1.807) is 24.3 Å². The molecule has 0 spiro atoms. The average molecular weight is 419 g/mol. The van der Waals surface area contributed by atoms with E-state index in [1.165, 1.54) is 43.4 Å². The first-order valence-corrected chi connectivity index (χ1v) is 10.4. The normalized spacial score (nSPS) is 11.1. The minimum atomic E-state index is -0.335. The van der Waals surface area contributed by atoms with Gasteiger partial charge in [-0.2, -0.15) is 0 Å². The van der Waals surface area contributed by atoms with Gasteiger partial charge in [-0.25, -0.2) is 28.7 Å². The van der Waals surface area contributed by atoms with Crippen LogP contribution in [0.1, 0.15) is 32.6 Å². The fourth-order valence-electron chi connectivity index (χ4n) is 3.38. The van der Waals surface area contributed by atoms with E-state index >= 15 is 0 Å². The van der Waals surface area contributed by atoms with E-state index in [-0.39, 0.29) is 11.6 Å². The Labute approximate surface area is 179 Å². The van der Waals surface area contributed by atoms with Crippen LogP contribution in [0.4, 0.5) is 14.6 Å². The molecule has 158 valence electrons. The average Bonchev–Trinajstić information content (AvgIpc) is 2.79. The Morgan fingerprint density at radius 1 is 0.742 bits per heavy atom. The van der Waals surface area contributed by atoms with Crippen molar-refractivity contribution in [2.75, 3.05) is 11.9 Å². The lowest BCUT2D eigenvalue weighted by Gasteiger charge is -2.12. The molecule has 0 atom stereocenters. The van der Waals surface area contributed by atoms with Crippen LogP contribution in [0.15, 0.2) is 54.9 Å². The standard InChI is InChI=1S/C24H23F2N5/c1-2-3-4-5-14-27-23-22-24(29-15-28-23)31-21(17-8-12-19(26)13-9-17)20(30-22)16-6-10-18(25)11-7-16/h6-13,15H,2-5,14H2,1H3,(H,27,28,29,31). The lowest BCUT2D eigenvalue weighted by molar-refractivity contribution is 0.627. The summed E-state index contributed by atoms with van der Waals surface area (Å²) < 4.78 is 27.0. The SMILES string of the molecule is CCCCCCNc1ncnc2nc(-c3ccc(F)cc3)c(-c3ccc(F)cc3)nc12. The van der Waals surface area contributed by atoms with Crippen molar-refractivity contribution in [3.63, 3.8) is 0 Å². The van der Waals surface area contributed by atoms with Crippen LogP contribution in [-0.4, -0.2) is 26.5 Å². The van der Waals surface area contributed by atoms with Crippen LogP contribution in [0, 0.1) is 11.6 Å². The molecule has 2 heterocycles. The lowest BCUT2D eigenvalue weighted by atomic mass is 10.0. The molecule has 4 rings (SSSR count). The van der Waals surface area contributed by atoms with Crippen LogP contribution in [0.25, 0.3) is 33.7 Å². The van der Waals surface area contributed by atoms with Crippen molar-refractivity contribution in [3.05, 3.63) is 66.5 Å². The number of rotatable bonds is 8. The van der Waals surface area contributed by atoms with Crippen LogP contribution in [0.2, 0.25) is 0 Å². The molecule has 0 saturated heterocycles. The van der Waals surface area contributed by atoms with E-state index < -0.39 is 0 Å². The zero-order valence-electron chi connectivity index (χ0n) is 17.3. The largest absolute Gasteiger partial charge is 0.368 e. The summed E-state index contributed by atoms with van der Waals surface area (Å²) in [7, 11) is 0. The van der Waals surface area contributed by atoms with Gasteiger partial charge in [-0.3, -0.25) is 0 Å². The number of aromatic nitrogens is 4. The molecule has 0 aliphatic heterocycles. The molecular weight excluding hydrogens is 396 g/mol. The molecular formula is C24H23F2N5. The third-order valence-corrected chi connectivity index (χ3v) is 5.03. The van der Waals surface area contributed by atoms with Gasteiger partial charge in [0.15, 0.2) is 17.0 Å². The van der Waals surface area contributed by atoms with E-state index in [9.17, 15) is 8.78 Å². The van der Waals surface area contributed by atoms with Crippen LogP contribution < -0.4 is 5.32 Å². The molecule has 7 heteroatoms. The Hall–Kier alpha value is -3.48. The summed E-state index contributed by atoms with van der Waals surface area (Å²) >= 11 is 0. The molecule has 4 aromatic rings. The number of nitrogens with zero attached hydrogens (tertiary/aromatic N) is 4. The van der Waals surface area contributed by atoms with Crippen LogP contribution in [0.5, 0.6) is 0 Å². The maximum absolute atomic E-state index is 13.5. The molecule has 0 saturated carbocycles. The highest BCUT2D eigenvalue weighted by atomic mass is 19.1. The van der Waals surface area contributed by atoms with Gasteiger partial charge >= 0.3 is 0 Å². The summed E-state index contributed by atoms with van der Waals surface area (Å²) in [5.74, 6) is -0.0562. The van der Waals surface area contributed by atoms with Gasteiger partial charge in [0.2, 0.25) is 0 Å². The van der Waals surface area contributed by atoms with Crippen molar-refractivity contribution < 1.29 is 8.78 Å². The smallest absolute Gasteiger partial charge is 0.184 e. The molecule has 5 nitrogen and oxygen atoms in total. The van der Waals surface area contributed by atoms with Crippen LogP contribution >= 0.6 is 0 Å². The second kappa shape index (κ2) is 9.55. The summed E-state index contributed by atoms with van der Waals surface area (Å²) in [4.78, 5) is 18.2. The Balaban J connectivity index is 1.80. The van der Waals surface area contributed by atoms with E-state index in [2.05, 4.69) is 22.2 Å². The topological polar surface area (TPSA) is 63.6 Å². The molecule has 0 amide bonds. The monoisotopic (exact) mass is 419 g/mol. The second-order valence-corrected chi connectivity index (χ2v) is 7.32. The predicted octanol–water partition coefficient (Wildman–Crippen LogP) is 6.02. The molecule has 0 bridgehead atoms. The third-order valence-electron chi connectivity index (χ3n) is 5.03. The minimum absolute atomic E-state index is 0.335. The Kier molecular flexibility index (Phi) is 6.40. The maximum atomic E-state index is 13.5. The van der Waals surface area contributed by atoms with Gasteiger partial charge in [-0.1, -0.05) is 26.2 Å². The first-order chi connectivity index (χ1) is 15.2. The van der Waals surface area contributed by atoms with E-state index in [4.69, 9.17) is 9.97 Å². The predicted molar refractivity (Wildman–Crippen MR) is 119 cm³/mol. The highest BCUT2D eigenvalue weighted by Crippen LogP contribution is 2.32. The van der Waals surface area contributed by atoms with Gasteiger partial charge < -0.3 is 5.32 Å². The highest BCUT2D eigenvalue weighted by Gasteiger charge is 2.16. The van der Waals surface area contributed by atoms with Crippen LogP contribution in [-0.2, 0) is 0 Å².